The summed E-state index contributed by atoms with van der Waals surface area (Å²) in [5.74, 6) is -0.339. The van der Waals surface area contributed by atoms with Gasteiger partial charge in [0.15, 0.2) is 6.29 Å². The van der Waals surface area contributed by atoms with Gasteiger partial charge in [0, 0.05) is 6.42 Å². The van der Waals surface area contributed by atoms with Crippen molar-refractivity contribution >= 4 is 5.91 Å². The molecule has 0 aromatic carbocycles. The fraction of sp³-hybridized carbons (Fsp3) is 0.900. The van der Waals surface area contributed by atoms with Gasteiger partial charge in [-0.3, -0.25) is 4.79 Å². The quantitative estimate of drug-likeness (QED) is 0.359. The van der Waals surface area contributed by atoms with Crippen molar-refractivity contribution in [3.63, 3.8) is 0 Å². The molecule has 1 aliphatic rings. The molecule has 1 fully saturated rings. The molecule has 0 saturated carbocycles. The predicted octanol–water partition coefficient (Wildman–Crippen LogP) is -2.30. The lowest BCUT2D eigenvalue weighted by atomic mass is 9.97. The number of hydrogen-bond acceptors (Lipinski definition) is 6. The SMILES string of the molecule is CCCC(=O)N[C@H]1C(O)O[C@H](C[18OH])[C@@H](O)[C@@H]1O. The minimum absolute atomic E-state index is 0.259. The number of carbonyl (C=O) groups is 1. The van der Waals surface area contributed by atoms with Gasteiger partial charge in [0.25, 0.3) is 0 Å². The smallest absolute Gasteiger partial charge is 0.220 e. The van der Waals surface area contributed by atoms with E-state index in [4.69, 9.17) is 9.84 Å². The molecule has 7 nitrogen and oxygen atoms in total. The number of amides is 1. The van der Waals surface area contributed by atoms with Gasteiger partial charge in [0.05, 0.1) is 6.61 Å². The van der Waals surface area contributed by atoms with Crippen LogP contribution in [0.4, 0.5) is 0 Å². The van der Waals surface area contributed by atoms with E-state index in [0.29, 0.717) is 6.42 Å². The van der Waals surface area contributed by atoms with Crippen molar-refractivity contribution in [3.8, 4) is 0 Å². The van der Waals surface area contributed by atoms with Crippen molar-refractivity contribution in [1.29, 1.82) is 0 Å². The highest BCUT2D eigenvalue weighted by atomic mass is 18.2. The average molecular weight is 251 g/mol. The van der Waals surface area contributed by atoms with Crippen molar-refractivity contribution in [1.82, 2.24) is 5.32 Å². The number of aliphatic hydroxyl groups is 4. The van der Waals surface area contributed by atoms with Crippen molar-refractivity contribution < 1.29 is 30.0 Å². The molecule has 1 amide bonds. The topological polar surface area (TPSA) is 119 Å². The number of carbonyl (C=O) groups excluding carboxylic acids is 1. The molecule has 5 N–H and O–H groups in total. The van der Waals surface area contributed by atoms with Crippen LogP contribution >= 0.6 is 0 Å². The number of hydrogen-bond donors (Lipinski definition) is 5. The first-order valence-corrected chi connectivity index (χ1v) is 5.61. The number of nitrogens with one attached hydrogen (secondary N) is 1. The van der Waals surface area contributed by atoms with Crippen LogP contribution < -0.4 is 5.32 Å². The molecule has 0 radical (unpaired) electrons. The molecule has 1 unspecified atom stereocenters. The Morgan fingerprint density at radius 1 is 1.35 bits per heavy atom. The summed E-state index contributed by atoms with van der Waals surface area (Å²) < 4.78 is 4.89. The molecule has 17 heavy (non-hydrogen) atoms. The Morgan fingerprint density at radius 2 is 2.00 bits per heavy atom. The van der Waals surface area contributed by atoms with Gasteiger partial charge in [-0.1, -0.05) is 6.92 Å². The van der Waals surface area contributed by atoms with Crippen LogP contribution in [0.15, 0.2) is 0 Å². The monoisotopic (exact) mass is 251 g/mol. The van der Waals surface area contributed by atoms with Gasteiger partial charge >= 0.3 is 0 Å². The minimum Gasteiger partial charge on any atom is -0.394 e. The molecule has 7 heteroatoms. The van der Waals surface area contributed by atoms with Crippen LogP contribution in [-0.2, 0) is 9.53 Å². The molecular formula is C10H19NO6. The largest absolute Gasteiger partial charge is 0.394 e. The van der Waals surface area contributed by atoms with E-state index in [1.54, 1.807) is 0 Å². The molecule has 5 atom stereocenters. The summed E-state index contributed by atoms with van der Waals surface area (Å²) in [6.07, 6.45) is -4.35. The molecule has 1 aliphatic heterocycles. The molecular weight excluding hydrogens is 232 g/mol. The number of rotatable bonds is 4. The fourth-order valence-corrected chi connectivity index (χ4v) is 1.74. The van der Waals surface area contributed by atoms with E-state index in [9.17, 15) is 20.1 Å². The predicted molar refractivity (Wildman–Crippen MR) is 56.8 cm³/mol. The standard InChI is InChI=1S/C10H19NO6/c1-2-3-6(13)11-7-9(15)8(14)5(4-12)17-10(7)16/h5,7-10,12,14-16H,2-4H2,1H3,(H,11,13)/t5-,7-,8-,9-,10?/m1/s1/i12+2. The summed E-state index contributed by atoms with van der Waals surface area (Å²) in [4.78, 5) is 11.3. The van der Waals surface area contributed by atoms with Crippen LogP contribution in [0.25, 0.3) is 0 Å². The van der Waals surface area contributed by atoms with Crippen LogP contribution in [0, 0.1) is 0 Å². The first-order valence-electron chi connectivity index (χ1n) is 5.61. The van der Waals surface area contributed by atoms with Gasteiger partial charge in [0.2, 0.25) is 5.91 Å². The molecule has 1 heterocycles. The molecule has 0 aromatic rings. The lowest BCUT2D eigenvalue weighted by Gasteiger charge is -2.40. The number of ether oxygens (including phenoxy) is 1. The molecule has 1 saturated heterocycles. The third kappa shape index (κ3) is 3.36. The van der Waals surface area contributed by atoms with E-state index in [2.05, 4.69) is 5.32 Å². The third-order valence-electron chi connectivity index (χ3n) is 2.70. The zero-order valence-corrected chi connectivity index (χ0v) is 9.61. The lowest BCUT2D eigenvalue weighted by Crippen LogP contribution is -2.64. The highest BCUT2D eigenvalue weighted by Crippen LogP contribution is 2.19. The van der Waals surface area contributed by atoms with Crippen LogP contribution in [-0.4, -0.2) is 63.6 Å². The second-order valence-corrected chi connectivity index (χ2v) is 4.07. The number of aliphatic hydroxyl groups excluding tert-OH is 4. The summed E-state index contributed by atoms with van der Waals surface area (Å²) in [7, 11) is 0. The first-order chi connectivity index (χ1) is 8.01. The zero-order valence-electron chi connectivity index (χ0n) is 9.61. The van der Waals surface area contributed by atoms with E-state index >= 15 is 0 Å². The summed E-state index contributed by atoms with van der Waals surface area (Å²) in [5, 5.41) is 40.1. The molecule has 0 aliphatic carbocycles. The van der Waals surface area contributed by atoms with Gasteiger partial charge in [-0.15, -0.1) is 0 Å². The fourth-order valence-electron chi connectivity index (χ4n) is 1.74. The maximum Gasteiger partial charge on any atom is 0.220 e. The molecule has 0 bridgehead atoms. The van der Waals surface area contributed by atoms with Crippen LogP contribution in [0.5, 0.6) is 0 Å². The van der Waals surface area contributed by atoms with E-state index in [1.807, 2.05) is 6.92 Å². The average Bonchev–Trinajstić information content (AvgIpc) is 2.29. The Hall–Kier alpha value is -0.730. The molecule has 100 valence electrons. The maximum atomic E-state index is 11.3. The van der Waals surface area contributed by atoms with E-state index < -0.39 is 37.3 Å². The summed E-state index contributed by atoms with van der Waals surface area (Å²) >= 11 is 0. The Balaban J connectivity index is 2.63. The normalized spacial score (nSPS) is 37.8. The van der Waals surface area contributed by atoms with E-state index in [-0.39, 0.29) is 12.3 Å². The second-order valence-electron chi connectivity index (χ2n) is 4.07. The van der Waals surface area contributed by atoms with Gasteiger partial charge in [-0.25, -0.2) is 0 Å². The summed E-state index contributed by atoms with van der Waals surface area (Å²) in [6.45, 7) is 1.30. The van der Waals surface area contributed by atoms with E-state index in [1.165, 1.54) is 0 Å². The van der Waals surface area contributed by atoms with Crippen molar-refractivity contribution in [2.24, 2.45) is 0 Å². The van der Waals surface area contributed by atoms with Crippen LogP contribution in [0.3, 0.4) is 0 Å². The van der Waals surface area contributed by atoms with Crippen LogP contribution in [0.1, 0.15) is 19.8 Å². The third-order valence-corrected chi connectivity index (χ3v) is 2.70. The Kier molecular flexibility index (Phi) is 5.29. The lowest BCUT2D eigenvalue weighted by molar-refractivity contribution is -0.253. The van der Waals surface area contributed by atoms with Crippen molar-refractivity contribution in [3.05, 3.63) is 0 Å². The second kappa shape index (κ2) is 6.27. The Morgan fingerprint density at radius 3 is 2.53 bits per heavy atom. The first kappa shape index (κ1) is 14.3. The van der Waals surface area contributed by atoms with E-state index in [0.717, 1.165) is 0 Å². The van der Waals surface area contributed by atoms with Crippen molar-refractivity contribution in [2.45, 2.75) is 50.4 Å². The van der Waals surface area contributed by atoms with Crippen molar-refractivity contribution in [2.75, 3.05) is 6.61 Å². The highest BCUT2D eigenvalue weighted by molar-refractivity contribution is 5.76. The van der Waals surface area contributed by atoms with Crippen LogP contribution in [0.2, 0.25) is 0 Å². The Labute approximate surface area is 99.0 Å². The maximum absolute atomic E-state index is 11.3. The summed E-state index contributed by atoms with van der Waals surface area (Å²) in [5.41, 5.74) is 0. The highest BCUT2D eigenvalue weighted by Gasteiger charge is 2.44. The zero-order chi connectivity index (χ0) is 13.0. The Bertz CT molecular complexity index is 261. The molecule has 0 spiro atoms. The summed E-state index contributed by atoms with van der Waals surface area (Å²) in [6, 6.07) is -1.09. The minimum atomic E-state index is -1.45. The van der Waals surface area contributed by atoms with Gasteiger partial charge in [-0.05, 0) is 6.42 Å². The molecule has 0 aromatic heterocycles. The van der Waals surface area contributed by atoms with Gasteiger partial charge in [0.1, 0.15) is 24.4 Å². The van der Waals surface area contributed by atoms with Gasteiger partial charge < -0.3 is 30.5 Å². The van der Waals surface area contributed by atoms with Gasteiger partial charge in [-0.2, -0.15) is 0 Å². The molecule has 1 rings (SSSR count).